The largest absolute Gasteiger partial charge is 0.506 e. The second kappa shape index (κ2) is 6.39. The van der Waals surface area contributed by atoms with Crippen molar-refractivity contribution in [2.24, 2.45) is 0 Å². The predicted octanol–water partition coefficient (Wildman–Crippen LogP) is 2.93. The summed E-state index contributed by atoms with van der Waals surface area (Å²) in [6.07, 6.45) is 2.02. The van der Waals surface area contributed by atoms with Gasteiger partial charge in [-0.15, -0.1) is 0 Å². The van der Waals surface area contributed by atoms with Gasteiger partial charge in [0, 0.05) is 17.3 Å². The summed E-state index contributed by atoms with van der Waals surface area (Å²) >= 11 is 0. The molecule has 3 amide bonds. The van der Waals surface area contributed by atoms with Crippen LogP contribution in [0.15, 0.2) is 48.5 Å². The minimum absolute atomic E-state index is 0.000981. The number of aromatic hydroxyl groups is 1. The van der Waals surface area contributed by atoms with E-state index in [4.69, 9.17) is 0 Å². The zero-order valence-electron chi connectivity index (χ0n) is 12.4. The predicted molar refractivity (Wildman–Crippen MR) is 87.7 cm³/mol. The molecule has 2 aromatic rings. The molecule has 118 valence electrons. The van der Waals surface area contributed by atoms with Gasteiger partial charge in [-0.25, -0.2) is 4.79 Å². The number of para-hydroxylation sites is 2. The van der Waals surface area contributed by atoms with Gasteiger partial charge in [0.1, 0.15) is 5.75 Å². The topological polar surface area (TPSA) is 90.5 Å². The van der Waals surface area contributed by atoms with Crippen LogP contribution in [-0.4, -0.2) is 23.1 Å². The molecule has 0 unspecified atom stereocenters. The maximum atomic E-state index is 12.2. The standard InChI is InChI=1S/C17H17N3O3/c21-15-7-2-1-6-14(15)20-16(22)11-4-3-5-13(10-11)19-17(23)18-12-8-9-12/h1-7,10,12,21H,8-9H2,(H,20,22)(H2,18,19,23). The number of amides is 3. The molecule has 0 spiro atoms. The lowest BCUT2D eigenvalue weighted by molar-refractivity contribution is 0.102. The number of rotatable bonds is 4. The summed E-state index contributed by atoms with van der Waals surface area (Å²) in [5.41, 5.74) is 1.26. The van der Waals surface area contributed by atoms with E-state index < -0.39 is 0 Å². The Bertz CT molecular complexity index is 741. The second-order valence-electron chi connectivity index (χ2n) is 5.42. The van der Waals surface area contributed by atoms with Gasteiger partial charge in [-0.2, -0.15) is 0 Å². The van der Waals surface area contributed by atoms with Crippen molar-refractivity contribution in [1.82, 2.24) is 5.32 Å². The molecule has 1 fully saturated rings. The lowest BCUT2D eigenvalue weighted by Gasteiger charge is -2.09. The molecule has 6 nitrogen and oxygen atoms in total. The van der Waals surface area contributed by atoms with E-state index >= 15 is 0 Å². The number of carbonyl (C=O) groups excluding carboxylic acids is 2. The van der Waals surface area contributed by atoms with E-state index in [0.29, 0.717) is 16.9 Å². The number of urea groups is 1. The third-order valence-electron chi connectivity index (χ3n) is 3.45. The monoisotopic (exact) mass is 311 g/mol. The normalized spacial score (nSPS) is 13.2. The minimum atomic E-state index is -0.363. The third kappa shape index (κ3) is 4.00. The van der Waals surface area contributed by atoms with E-state index in [1.165, 1.54) is 6.07 Å². The second-order valence-corrected chi connectivity index (χ2v) is 5.42. The number of nitrogens with one attached hydrogen (secondary N) is 3. The van der Waals surface area contributed by atoms with Crippen LogP contribution in [0.4, 0.5) is 16.2 Å². The molecule has 3 rings (SSSR count). The highest BCUT2D eigenvalue weighted by molar-refractivity contribution is 6.06. The molecule has 0 aliphatic heterocycles. The fourth-order valence-electron chi connectivity index (χ4n) is 2.09. The van der Waals surface area contributed by atoms with Crippen LogP contribution in [-0.2, 0) is 0 Å². The van der Waals surface area contributed by atoms with E-state index in [9.17, 15) is 14.7 Å². The van der Waals surface area contributed by atoms with Crippen LogP contribution < -0.4 is 16.0 Å². The Balaban J connectivity index is 1.67. The number of benzene rings is 2. The van der Waals surface area contributed by atoms with Crippen LogP contribution in [0.25, 0.3) is 0 Å². The van der Waals surface area contributed by atoms with Gasteiger partial charge in [-0.3, -0.25) is 4.79 Å². The molecule has 2 aromatic carbocycles. The van der Waals surface area contributed by atoms with Gasteiger partial charge in [0.05, 0.1) is 5.69 Å². The lowest BCUT2D eigenvalue weighted by atomic mass is 10.2. The Hall–Kier alpha value is -3.02. The van der Waals surface area contributed by atoms with Crippen molar-refractivity contribution in [1.29, 1.82) is 0 Å². The highest BCUT2D eigenvalue weighted by Gasteiger charge is 2.23. The molecule has 0 heterocycles. The van der Waals surface area contributed by atoms with Gasteiger partial charge in [0.15, 0.2) is 0 Å². The SMILES string of the molecule is O=C(Nc1cccc(C(=O)Nc2ccccc2O)c1)NC1CC1. The Labute approximate surface area is 133 Å². The molecular weight excluding hydrogens is 294 g/mol. The van der Waals surface area contributed by atoms with Crippen LogP contribution in [0.2, 0.25) is 0 Å². The molecule has 6 heteroatoms. The van der Waals surface area contributed by atoms with Gasteiger partial charge in [0.2, 0.25) is 0 Å². The van der Waals surface area contributed by atoms with E-state index in [0.717, 1.165) is 12.8 Å². The molecule has 1 aliphatic carbocycles. The number of carbonyl (C=O) groups is 2. The lowest BCUT2D eigenvalue weighted by Crippen LogP contribution is -2.30. The molecule has 0 saturated heterocycles. The summed E-state index contributed by atoms with van der Waals surface area (Å²) in [7, 11) is 0. The number of hydrogen-bond donors (Lipinski definition) is 4. The first-order valence-electron chi connectivity index (χ1n) is 7.39. The molecule has 1 aliphatic rings. The first-order chi connectivity index (χ1) is 11.1. The van der Waals surface area contributed by atoms with E-state index in [1.54, 1.807) is 42.5 Å². The van der Waals surface area contributed by atoms with Crippen molar-refractivity contribution in [3.63, 3.8) is 0 Å². The Morgan fingerprint density at radius 2 is 1.78 bits per heavy atom. The van der Waals surface area contributed by atoms with Gasteiger partial charge in [-0.1, -0.05) is 18.2 Å². The molecule has 0 radical (unpaired) electrons. The van der Waals surface area contributed by atoms with Crippen molar-refractivity contribution in [3.8, 4) is 5.75 Å². The summed E-state index contributed by atoms with van der Waals surface area (Å²) in [5, 5.41) is 17.8. The zero-order valence-corrected chi connectivity index (χ0v) is 12.4. The van der Waals surface area contributed by atoms with Crippen molar-refractivity contribution in [2.45, 2.75) is 18.9 Å². The van der Waals surface area contributed by atoms with Gasteiger partial charge < -0.3 is 21.1 Å². The highest BCUT2D eigenvalue weighted by atomic mass is 16.3. The maximum Gasteiger partial charge on any atom is 0.319 e. The molecular formula is C17H17N3O3. The molecule has 0 bridgehead atoms. The van der Waals surface area contributed by atoms with Crippen LogP contribution in [0.5, 0.6) is 5.75 Å². The smallest absolute Gasteiger partial charge is 0.319 e. The average Bonchev–Trinajstić information content (AvgIpc) is 3.33. The summed E-state index contributed by atoms with van der Waals surface area (Å²) in [6, 6.07) is 13.1. The van der Waals surface area contributed by atoms with E-state index in [2.05, 4.69) is 16.0 Å². The Kier molecular flexibility index (Phi) is 4.14. The summed E-state index contributed by atoms with van der Waals surface area (Å²) in [6.45, 7) is 0. The summed E-state index contributed by atoms with van der Waals surface area (Å²) in [5.74, 6) is -0.364. The molecule has 0 atom stereocenters. The van der Waals surface area contributed by atoms with Crippen molar-refractivity contribution < 1.29 is 14.7 Å². The van der Waals surface area contributed by atoms with Crippen molar-refractivity contribution in [3.05, 3.63) is 54.1 Å². The van der Waals surface area contributed by atoms with Crippen LogP contribution in [0.1, 0.15) is 23.2 Å². The fourth-order valence-corrected chi connectivity index (χ4v) is 2.09. The highest BCUT2D eigenvalue weighted by Crippen LogP contribution is 2.23. The number of phenolic OH excluding ortho intramolecular Hbond substituents is 1. The zero-order chi connectivity index (χ0) is 16.2. The molecule has 4 N–H and O–H groups in total. The average molecular weight is 311 g/mol. The van der Waals surface area contributed by atoms with Crippen LogP contribution in [0.3, 0.4) is 0 Å². The summed E-state index contributed by atoms with van der Waals surface area (Å²) < 4.78 is 0. The Morgan fingerprint density at radius 1 is 1.00 bits per heavy atom. The molecule has 1 saturated carbocycles. The van der Waals surface area contributed by atoms with E-state index in [1.807, 2.05) is 0 Å². The van der Waals surface area contributed by atoms with Crippen LogP contribution >= 0.6 is 0 Å². The number of hydrogen-bond acceptors (Lipinski definition) is 3. The van der Waals surface area contributed by atoms with Gasteiger partial charge in [-0.05, 0) is 43.2 Å². The number of anilines is 2. The first kappa shape index (κ1) is 14.9. The minimum Gasteiger partial charge on any atom is -0.506 e. The van der Waals surface area contributed by atoms with Gasteiger partial charge >= 0.3 is 6.03 Å². The van der Waals surface area contributed by atoms with E-state index in [-0.39, 0.29) is 23.7 Å². The molecule has 23 heavy (non-hydrogen) atoms. The summed E-state index contributed by atoms with van der Waals surface area (Å²) in [4.78, 5) is 24.0. The van der Waals surface area contributed by atoms with Gasteiger partial charge in [0.25, 0.3) is 5.91 Å². The quantitative estimate of drug-likeness (QED) is 0.654. The maximum absolute atomic E-state index is 12.2. The van der Waals surface area contributed by atoms with Crippen molar-refractivity contribution in [2.75, 3.05) is 10.6 Å². The fraction of sp³-hybridized carbons (Fsp3) is 0.176. The Morgan fingerprint density at radius 3 is 2.52 bits per heavy atom. The number of phenols is 1. The third-order valence-corrected chi connectivity index (χ3v) is 3.45. The van der Waals surface area contributed by atoms with Crippen molar-refractivity contribution >= 4 is 23.3 Å². The molecule has 0 aromatic heterocycles. The first-order valence-corrected chi connectivity index (χ1v) is 7.39. The van der Waals surface area contributed by atoms with Crippen LogP contribution in [0, 0.1) is 0 Å².